The number of hydrogen-bond donors (Lipinski definition) is 2. The average Bonchev–Trinajstić information content (AvgIpc) is 2.64. The van der Waals surface area contributed by atoms with E-state index in [0.29, 0.717) is 11.4 Å². The van der Waals surface area contributed by atoms with E-state index in [1.807, 2.05) is 24.3 Å². The van der Waals surface area contributed by atoms with Crippen LogP contribution in [0.15, 0.2) is 60.8 Å². The third kappa shape index (κ3) is 4.14. The molecule has 3 aromatic rings. The van der Waals surface area contributed by atoms with E-state index < -0.39 is 10.8 Å². The number of nitro groups is 1. The van der Waals surface area contributed by atoms with Crippen LogP contribution < -0.4 is 10.9 Å². The highest BCUT2D eigenvalue weighted by atomic mass is 16.6. The molecular formula is C17H13N5O3. The molecule has 8 heteroatoms. The van der Waals surface area contributed by atoms with Crippen LogP contribution in [0, 0.1) is 10.1 Å². The predicted molar refractivity (Wildman–Crippen MR) is 93.4 cm³/mol. The summed E-state index contributed by atoms with van der Waals surface area (Å²) in [4.78, 5) is 30.7. The smallest absolute Gasteiger partial charge is 0.271 e. The fourth-order valence-corrected chi connectivity index (χ4v) is 2.09. The number of para-hydroxylation sites is 2. The lowest BCUT2D eigenvalue weighted by atomic mass is 10.3. The summed E-state index contributed by atoms with van der Waals surface area (Å²) < 4.78 is 0. The number of fused-ring (bicyclic) bond motifs is 1. The Hall–Kier alpha value is -3.81. The number of amides is 1. The summed E-state index contributed by atoms with van der Waals surface area (Å²) in [5, 5.41) is 10.7. The van der Waals surface area contributed by atoms with Crippen molar-refractivity contribution in [2.75, 3.05) is 5.43 Å². The van der Waals surface area contributed by atoms with Gasteiger partial charge >= 0.3 is 0 Å². The number of rotatable bonds is 5. The highest BCUT2D eigenvalue weighted by Gasteiger charge is 2.05. The molecule has 0 atom stereocenters. The molecule has 0 unspecified atom stereocenters. The first kappa shape index (κ1) is 16.1. The molecule has 0 bridgehead atoms. The zero-order valence-electron chi connectivity index (χ0n) is 12.9. The quantitative estimate of drug-likeness (QED) is 0.421. The Morgan fingerprint density at radius 3 is 2.72 bits per heavy atom. The molecule has 25 heavy (non-hydrogen) atoms. The summed E-state index contributed by atoms with van der Waals surface area (Å²) in [7, 11) is 0. The van der Waals surface area contributed by atoms with Crippen LogP contribution in [0.2, 0.25) is 0 Å². The van der Waals surface area contributed by atoms with Gasteiger partial charge in [0, 0.05) is 18.2 Å². The molecule has 8 nitrogen and oxygen atoms in total. The fraction of sp³-hybridized carbons (Fsp3) is 0. The van der Waals surface area contributed by atoms with Crippen molar-refractivity contribution in [1.29, 1.82) is 0 Å². The molecule has 2 aromatic carbocycles. The number of hydrazine groups is 1. The molecule has 0 saturated heterocycles. The van der Waals surface area contributed by atoms with Gasteiger partial charge in [0.1, 0.15) is 0 Å². The monoisotopic (exact) mass is 335 g/mol. The van der Waals surface area contributed by atoms with Gasteiger partial charge in [0.05, 0.1) is 33.5 Å². The van der Waals surface area contributed by atoms with E-state index in [2.05, 4.69) is 20.8 Å². The number of nitro benzene ring substituents is 1. The van der Waals surface area contributed by atoms with Gasteiger partial charge in [-0.05, 0) is 24.3 Å². The molecule has 2 N–H and O–H groups in total. The number of nitrogens with one attached hydrogen (secondary N) is 2. The summed E-state index contributed by atoms with van der Waals surface area (Å²) >= 11 is 0. The minimum atomic E-state index is -0.509. The molecule has 0 aliphatic heterocycles. The normalized spacial score (nSPS) is 10.7. The van der Waals surface area contributed by atoms with E-state index >= 15 is 0 Å². The molecular weight excluding hydrogens is 322 g/mol. The molecule has 1 amide bonds. The zero-order valence-corrected chi connectivity index (χ0v) is 12.9. The van der Waals surface area contributed by atoms with Crippen molar-refractivity contribution in [2.45, 2.75) is 0 Å². The van der Waals surface area contributed by atoms with Crippen LogP contribution in [0.4, 0.5) is 11.4 Å². The highest BCUT2D eigenvalue weighted by molar-refractivity contribution is 5.92. The van der Waals surface area contributed by atoms with Crippen molar-refractivity contribution >= 4 is 34.4 Å². The lowest BCUT2D eigenvalue weighted by Crippen LogP contribution is -2.27. The van der Waals surface area contributed by atoms with E-state index in [1.54, 1.807) is 12.3 Å². The van der Waals surface area contributed by atoms with E-state index in [1.165, 1.54) is 30.4 Å². The molecule has 0 radical (unpaired) electrons. The average molecular weight is 335 g/mol. The summed E-state index contributed by atoms with van der Waals surface area (Å²) in [6.45, 7) is 0. The van der Waals surface area contributed by atoms with Gasteiger partial charge in [-0.3, -0.25) is 30.7 Å². The standard InChI is InChI=1S/C17H13N5O3/c23-17(21-20-12-4-3-5-14(10-12)22(24)25)9-8-13-11-18-15-6-1-2-7-16(15)19-13/h1-11,20H,(H,21,23)/b9-8+. The van der Waals surface area contributed by atoms with E-state index in [-0.39, 0.29) is 5.69 Å². The van der Waals surface area contributed by atoms with Crippen LogP contribution in [0.1, 0.15) is 5.69 Å². The molecule has 0 aliphatic rings. The third-order valence-electron chi connectivity index (χ3n) is 3.26. The molecule has 0 aliphatic carbocycles. The lowest BCUT2D eigenvalue weighted by molar-refractivity contribution is -0.384. The molecule has 0 saturated carbocycles. The summed E-state index contributed by atoms with van der Waals surface area (Å²) in [6, 6.07) is 13.2. The number of carbonyl (C=O) groups is 1. The van der Waals surface area contributed by atoms with Crippen molar-refractivity contribution in [3.8, 4) is 0 Å². The van der Waals surface area contributed by atoms with Crippen molar-refractivity contribution in [3.05, 3.63) is 76.6 Å². The minimum Gasteiger partial charge on any atom is -0.298 e. The summed E-state index contributed by atoms with van der Waals surface area (Å²) in [6.07, 6.45) is 4.40. The van der Waals surface area contributed by atoms with Gasteiger partial charge in [0.25, 0.3) is 11.6 Å². The maximum absolute atomic E-state index is 11.8. The van der Waals surface area contributed by atoms with Gasteiger partial charge in [-0.2, -0.15) is 0 Å². The maximum Gasteiger partial charge on any atom is 0.271 e. The topological polar surface area (TPSA) is 110 Å². The molecule has 1 heterocycles. The van der Waals surface area contributed by atoms with Crippen molar-refractivity contribution in [1.82, 2.24) is 15.4 Å². The van der Waals surface area contributed by atoms with Gasteiger partial charge in [-0.25, -0.2) is 4.98 Å². The number of hydrogen-bond acceptors (Lipinski definition) is 6. The first-order valence-electron chi connectivity index (χ1n) is 7.32. The summed E-state index contributed by atoms with van der Waals surface area (Å²) in [5.41, 5.74) is 7.43. The highest BCUT2D eigenvalue weighted by Crippen LogP contribution is 2.16. The Morgan fingerprint density at radius 1 is 1.12 bits per heavy atom. The minimum absolute atomic E-state index is 0.0683. The van der Waals surface area contributed by atoms with Gasteiger partial charge in [-0.1, -0.05) is 18.2 Å². The van der Waals surface area contributed by atoms with Crippen LogP contribution in [-0.2, 0) is 4.79 Å². The molecule has 124 valence electrons. The maximum atomic E-state index is 11.8. The number of nitrogens with zero attached hydrogens (tertiary/aromatic N) is 3. The van der Waals surface area contributed by atoms with Gasteiger partial charge in [0.2, 0.25) is 0 Å². The first-order valence-corrected chi connectivity index (χ1v) is 7.32. The first-order chi connectivity index (χ1) is 12.1. The predicted octanol–water partition coefficient (Wildman–Crippen LogP) is 2.69. The Labute approximate surface area is 142 Å². The van der Waals surface area contributed by atoms with Crippen LogP contribution in [0.5, 0.6) is 0 Å². The number of benzene rings is 2. The Bertz CT molecular complexity index is 971. The van der Waals surface area contributed by atoms with E-state index in [0.717, 1.165) is 11.0 Å². The van der Waals surface area contributed by atoms with Crippen LogP contribution >= 0.6 is 0 Å². The molecule has 1 aromatic heterocycles. The van der Waals surface area contributed by atoms with Crippen molar-refractivity contribution in [3.63, 3.8) is 0 Å². The van der Waals surface area contributed by atoms with Crippen LogP contribution in [0.3, 0.4) is 0 Å². The number of anilines is 1. The number of non-ortho nitro benzene ring substituents is 1. The number of aromatic nitrogens is 2. The Balaban J connectivity index is 1.62. The summed E-state index contributed by atoms with van der Waals surface area (Å²) in [5.74, 6) is -0.429. The number of carbonyl (C=O) groups excluding carboxylic acids is 1. The van der Waals surface area contributed by atoms with Gasteiger partial charge in [-0.15, -0.1) is 0 Å². The third-order valence-corrected chi connectivity index (χ3v) is 3.26. The van der Waals surface area contributed by atoms with E-state index in [4.69, 9.17) is 0 Å². The second-order valence-corrected chi connectivity index (χ2v) is 5.04. The fourth-order valence-electron chi connectivity index (χ4n) is 2.09. The molecule has 3 rings (SSSR count). The SMILES string of the molecule is O=C(/C=C/c1cnc2ccccc2n1)NNc1cccc([N+](=O)[O-])c1. The van der Waals surface area contributed by atoms with Crippen LogP contribution in [0.25, 0.3) is 17.1 Å². The second-order valence-electron chi connectivity index (χ2n) is 5.04. The Morgan fingerprint density at radius 2 is 1.92 bits per heavy atom. The molecule has 0 spiro atoms. The van der Waals surface area contributed by atoms with Crippen LogP contribution in [-0.4, -0.2) is 20.8 Å². The largest absolute Gasteiger partial charge is 0.298 e. The van der Waals surface area contributed by atoms with Gasteiger partial charge < -0.3 is 0 Å². The van der Waals surface area contributed by atoms with Gasteiger partial charge in [0.15, 0.2) is 0 Å². The van der Waals surface area contributed by atoms with Crippen molar-refractivity contribution < 1.29 is 9.72 Å². The Kier molecular flexibility index (Phi) is 4.61. The molecule has 0 fully saturated rings. The zero-order chi connectivity index (χ0) is 17.6. The van der Waals surface area contributed by atoms with Crippen molar-refractivity contribution in [2.24, 2.45) is 0 Å². The second kappa shape index (κ2) is 7.18. The van der Waals surface area contributed by atoms with E-state index in [9.17, 15) is 14.9 Å². The lowest BCUT2D eigenvalue weighted by Gasteiger charge is -2.05.